The van der Waals surface area contributed by atoms with Crippen LogP contribution in [0, 0.1) is 0 Å². The summed E-state index contributed by atoms with van der Waals surface area (Å²) in [7, 11) is 1.94. The number of benzene rings is 1. The number of nitrogens with one attached hydrogen (secondary N) is 1. The third-order valence-electron chi connectivity index (χ3n) is 2.86. The molecule has 2 heterocycles. The molecule has 0 saturated carbocycles. The van der Waals surface area contributed by atoms with Crippen molar-refractivity contribution in [3.8, 4) is 22.0 Å². The van der Waals surface area contributed by atoms with Crippen LogP contribution in [0.2, 0.25) is 0 Å². The van der Waals surface area contributed by atoms with E-state index < -0.39 is 0 Å². The molecule has 0 fully saturated rings. The number of nitrogens with zero attached hydrogens (tertiary/aromatic N) is 3. The Kier molecular flexibility index (Phi) is 3.80. The van der Waals surface area contributed by atoms with E-state index in [1.54, 1.807) is 29.9 Å². The highest BCUT2D eigenvalue weighted by molar-refractivity contribution is 7.15. The summed E-state index contributed by atoms with van der Waals surface area (Å²) >= 11 is 1.66. The second kappa shape index (κ2) is 5.90. The number of rotatable bonds is 4. The molecule has 5 heteroatoms. The van der Waals surface area contributed by atoms with Crippen molar-refractivity contribution in [2.45, 2.75) is 6.54 Å². The predicted molar refractivity (Wildman–Crippen MR) is 81.3 cm³/mol. The minimum atomic E-state index is 0.794. The van der Waals surface area contributed by atoms with Crippen LogP contribution in [0.1, 0.15) is 4.88 Å². The van der Waals surface area contributed by atoms with Crippen LogP contribution in [0.4, 0.5) is 0 Å². The molecular weight excluding hydrogens is 268 g/mol. The minimum Gasteiger partial charge on any atom is -0.315 e. The van der Waals surface area contributed by atoms with Gasteiger partial charge in [-0.25, -0.2) is 4.98 Å². The van der Waals surface area contributed by atoms with Gasteiger partial charge in [-0.05, 0) is 7.05 Å². The Hall–Kier alpha value is -2.11. The number of thiazole rings is 1. The van der Waals surface area contributed by atoms with Crippen molar-refractivity contribution in [3.05, 3.63) is 53.8 Å². The molecule has 3 aromatic rings. The molecule has 3 rings (SSSR count). The molecule has 0 aliphatic heterocycles. The van der Waals surface area contributed by atoms with Gasteiger partial charge in [0.05, 0.1) is 11.9 Å². The zero-order valence-corrected chi connectivity index (χ0v) is 11.9. The average molecular weight is 282 g/mol. The second-order valence-corrected chi connectivity index (χ2v) is 5.36. The Labute approximate surface area is 121 Å². The van der Waals surface area contributed by atoms with Crippen LogP contribution >= 0.6 is 11.3 Å². The molecule has 100 valence electrons. The van der Waals surface area contributed by atoms with Gasteiger partial charge in [0.25, 0.3) is 0 Å². The van der Waals surface area contributed by atoms with Gasteiger partial charge in [0, 0.05) is 29.4 Å². The van der Waals surface area contributed by atoms with Crippen molar-refractivity contribution in [1.82, 2.24) is 20.3 Å². The molecule has 4 nitrogen and oxygen atoms in total. The predicted octanol–water partition coefficient (Wildman–Crippen LogP) is 2.99. The van der Waals surface area contributed by atoms with E-state index in [4.69, 9.17) is 4.98 Å². The van der Waals surface area contributed by atoms with E-state index in [-0.39, 0.29) is 0 Å². The molecule has 0 atom stereocenters. The van der Waals surface area contributed by atoms with Crippen molar-refractivity contribution in [2.75, 3.05) is 7.05 Å². The summed E-state index contributed by atoms with van der Waals surface area (Å²) in [5.41, 5.74) is 2.96. The Bertz CT molecular complexity index is 680. The summed E-state index contributed by atoms with van der Waals surface area (Å²) in [5.74, 6) is 0. The fourth-order valence-electron chi connectivity index (χ4n) is 1.97. The first kappa shape index (κ1) is 12.9. The largest absolute Gasteiger partial charge is 0.315 e. The maximum atomic E-state index is 4.75. The summed E-state index contributed by atoms with van der Waals surface area (Å²) < 4.78 is 0. The first-order chi connectivity index (χ1) is 9.88. The Balaban J connectivity index is 2.08. The smallest absolute Gasteiger partial charge is 0.144 e. The first-order valence-corrected chi connectivity index (χ1v) is 7.16. The molecule has 2 aromatic heterocycles. The minimum absolute atomic E-state index is 0.794. The summed E-state index contributed by atoms with van der Waals surface area (Å²) in [6, 6.07) is 10.2. The molecule has 0 aliphatic rings. The van der Waals surface area contributed by atoms with Gasteiger partial charge in [-0.1, -0.05) is 30.3 Å². The first-order valence-electron chi connectivity index (χ1n) is 6.34. The van der Waals surface area contributed by atoms with Crippen LogP contribution in [-0.2, 0) is 6.54 Å². The van der Waals surface area contributed by atoms with Gasteiger partial charge >= 0.3 is 0 Å². The standard InChI is InChI=1S/C15H14N4S/c1-16-10-13-14(11-5-3-2-4-6-11)19-15(20-13)12-9-17-7-8-18-12/h2-9,16H,10H2,1H3. The topological polar surface area (TPSA) is 50.7 Å². The zero-order chi connectivity index (χ0) is 13.8. The van der Waals surface area contributed by atoms with E-state index in [0.717, 1.165) is 28.5 Å². The maximum absolute atomic E-state index is 4.75. The molecular formula is C15H14N4S. The van der Waals surface area contributed by atoms with Crippen molar-refractivity contribution < 1.29 is 0 Å². The summed E-state index contributed by atoms with van der Waals surface area (Å²) in [5, 5.41) is 4.10. The van der Waals surface area contributed by atoms with Crippen LogP contribution in [0.25, 0.3) is 22.0 Å². The van der Waals surface area contributed by atoms with Gasteiger partial charge in [-0.15, -0.1) is 11.3 Å². The van der Waals surface area contributed by atoms with Gasteiger partial charge in [-0.2, -0.15) is 0 Å². The van der Waals surface area contributed by atoms with E-state index >= 15 is 0 Å². The normalized spacial score (nSPS) is 10.7. The maximum Gasteiger partial charge on any atom is 0.144 e. The van der Waals surface area contributed by atoms with Crippen LogP contribution in [0.3, 0.4) is 0 Å². The fourth-order valence-corrected chi connectivity index (χ4v) is 3.03. The molecule has 0 aliphatic carbocycles. The zero-order valence-electron chi connectivity index (χ0n) is 11.1. The third kappa shape index (κ3) is 2.59. The SMILES string of the molecule is CNCc1sc(-c2cnccn2)nc1-c1ccccc1. The van der Waals surface area contributed by atoms with Crippen LogP contribution in [0.5, 0.6) is 0 Å². The van der Waals surface area contributed by atoms with Gasteiger partial charge in [0.2, 0.25) is 0 Å². The van der Waals surface area contributed by atoms with Crippen molar-refractivity contribution in [3.63, 3.8) is 0 Å². The van der Waals surface area contributed by atoms with E-state index in [9.17, 15) is 0 Å². The Morgan fingerprint density at radius 1 is 1.15 bits per heavy atom. The van der Waals surface area contributed by atoms with Crippen LogP contribution in [0.15, 0.2) is 48.9 Å². The molecule has 1 N–H and O–H groups in total. The summed E-state index contributed by atoms with van der Waals surface area (Å²) in [6.45, 7) is 0.794. The highest BCUT2D eigenvalue weighted by Gasteiger charge is 2.14. The lowest BCUT2D eigenvalue weighted by Gasteiger charge is -2.00. The lowest BCUT2D eigenvalue weighted by Crippen LogP contribution is -2.04. The van der Waals surface area contributed by atoms with E-state index in [1.807, 2.05) is 25.2 Å². The molecule has 20 heavy (non-hydrogen) atoms. The van der Waals surface area contributed by atoms with Gasteiger partial charge in [0.1, 0.15) is 10.7 Å². The van der Waals surface area contributed by atoms with Crippen molar-refractivity contribution in [2.24, 2.45) is 0 Å². The molecule has 0 radical (unpaired) electrons. The van der Waals surface area contributed by atoms with Crippen LogP contribution < -0.4 is 5.32 Å². The molecule has 0 spiro atoms. The molecule has 0 bridgehead atoms. The lowest BCUT2D eigenvalue weighted by molar-refractivity contribution is 0.831. The highest BCUT2D eigenvalue weighted by Crippen LogP contribution is 2.32. The van der Waals surface area contributed by atoms with Gasteiger partial charge in [0.15, 0.2) is 0 Å². The lowest BCUT2D eigenvalue weighted by atomic mass is 10.1. The van der Waals surface area contributed by atoms with E-state index in [0.29, 0.717) is 0 Å². The van der Waals surface area contributed by atoms with Crippen molar-refractivity contribution >= 4 is 11.3 Å². The molecule has 0 unspecified atom stereocenters. The van der Waals surface area contributed by atoms with Gasteiger partial charge < -0.3 is 5.32 Å². The van der Waals surface area contributed by atoms with E-state index in [1.165, 1.54) is 4.88 Å². The highest BCUT2D eigenvalue weighted by atomic mass is 32.1. The Morgan fingerprint density at radius 3 is 2.70 bits per heavy atom. The molecule has 0 amide bonds. The summed E-state index contributed by atoms with van der Waals surface area (Å²) in [4.78, 5) is 14.4. The third-order valence-corrected chi connectivity index (χ3v) is 3.94. The van der Waals surface area contributed by atoms with E-state index in [2.05, 4.69) is 27.4 Å². The monoisotopic (exact) mass is 282 g/mol. The van der Waals surface area contributed by atoms with Gasteiger partial charge in [-0.3, -0.25) is 9.97 Å². The number of hydrogen-bond donors (Lipinski definition) is 1. The Morgan fingerprint density at radius 2 is 2.00 bits per heavy atom. The summed E-state index contributed by atoms with van der Waals surface area (Å²) in [6.07, 6.45) is 5.11. The fraction of sp³-hybridized carbons (Fsp3) is 0.133. The number of hydrogen-bond acceptors (Lipinski definition) is 5. The average Bonchev–Trinajstić information content (AvgIpc) is 2.94. The second-order valence-electron chi connectivity index (χ2n) is 4.28. The molecule has 1 aromatic carbocycles. The van der Waals surface area contributed by atoms with Crippen molar-refractivity contribution in [1.29, 1.82) is 0 Å². The van der Waals surface area contributed by atoms with Crippen LogP contribution in [-0.4, -0.2) is 22.0 Å². The quantitative estimate of drug-likeness (QED) is 0.799. The number of aromatic nitrogens is 3. The molecule has 0 saturated heterocycles.